The molecule has 0 aliphatic carbocycles. The molecule has 0 unspecified atom stereocenters. The van der Waals surface area contributed by atoms with E-state index in [4.69, 9.17) is 4.74 Å². The molecule has 0 heterocycles. The molecule has 18 heavy (non-hydrogen) atoms. The lowest BCUT2D eigenvalue weighted by Crippen LogP contribution is -2.16. The van der Waals surface area contributed by atoms with Crippen molar-refractivity contribution in [3.05, 3.63) is 34.1 Å². The Bertz CT molecular complexity index is 399. The highest BCUT2D eigenvalue weighted by molar-refractivity contribution is 9.10. The largest absolute Gasteiger partial charge is 0.466 e. The van der Waals surface area contributed by atoms with E-state index in [9.17, 15) is 9.18 Å². The molecule has 0 saturated carbocycles. The van der Waals surface area contributed by atoms with Crippen molar-refractivity contribution in [2.24, 2.45) is 0 Å². The summed E-state index contributed by atoms with van der Waals surface area (Å²) >= 11 is 3.20. The fourth-order valence-electron chi connectivity index (χ4n) is 1.50. The van der Waals surface area contributed by atoms with Gasteiger partial charge < -0.3 is 10.1 Å². The highest BCUT2D eigenvalue weighted by Gasteiger charge is 2.05. The highest BCUT2D eigenvalue weighted by atomic mass is 79.9. The Morgan fingerprint density at radius 3 is 3.00 bits per heavy atom. The minimum Gasteiger partial charge on any atom is -0.466 e. The van der Waals surface area contributed by atoms with Gasteiger partial charge in [-0.1, -0.05) is 12.1 Å². The maximum absolute atomic E-state index is 13.2. The van der Waals surface area contributed by atoms with Gasteiger partial charge in [0.2, 0.25) is 0 Å². The average Bonchev–Trinajstić information content (AvgIpc) is 2.34. The number of hydrogen-bond donors (Lipinski definition) is 1. The second kappa shape index (κ2) is 8.21. The molecule has 1 rings (SSSR count). The van der Waals surface area contributed by atoms with Gasteiger partial charge >= 0.3 is 5.97 Å². The predicted octanol–water partition coefficient (Wildman–Crippen LogP) is 3.02. The van der Waals surface area contributed by atoms with Gasteiger partial charge in [-0.15, -0.1) is 0 Å². The van der Waals surface area contributed by atoms with E-state index in [1.54, 1.807) is 13.0 Å². The summed E-state index contributed by atoms with van der Waals surface area (Å²) in [5.41, 5.74) is 0.867. The van der Waals surface area contributed by atoms with E-state index in [-0.39, 0.29) is 11.8 Å². The van der Waals surface area contributed by atoms with Crippen LogP contribution in [0.5, 0.6) is 0 Å². The SMILES string of the molecule is CCOC(=O)CCCNCc1cccc(F)c1Br. The summed E-state index contributed by atoms with van der Waals surface area (Å²) in [5.74, 6) is -0.438. The highest BCUT2D eigenvalue weighted by Crippen LogP contribution is 2.19. The fraction of sp³-hybridized carbons (Fsp3) is 0.462. The molecular weight excluding hydrogens is 301 g/mol. The van der Waals surface area contributed by atoms with Gasteiger partial charge in [-0.25, -0.2) is 4.39 Å². The summed E-state index contributed by atoms with van der Waals surface area (Å²) < 4.78 is 18.5. The molecule has 0 saturated heterocycles. The van der Waals surface area contributed by atoms with Crippen molar-refractivity contribution in [3.63, 3.8) is 0 Å². The number of halogens is 2. The van der Waals surface area contributed by atoms with E-state index in [0.717, 1.165) is 5.56 Å². The zero-order valence-corrected chi connectivity index (χ0v) is 11.9. The first-order chi connectivity index (χ1) is 8.65. The van der Waals surface area contributed by atoms with Gasteiger partial charge in [0.05, 0.1) is 11.1 Å². The van der Waals surface area contributed by atoms with Crippen molar-refractivity contribution < 1.29 is 13.9 Å². The molecule has 0 aliphatic rings. The smallest absolute Gasteiger partial charge is 0.305 e. The van der Waals surface area contributed by atoms with Crippen molar-refractivity contribution >= 4 is 21.9 Å². The number of ether oxygens (including phenoxy) is 1. The van der Waals surface area contributed by atoms with Crippen molar-refractivity contribution in [1.29, 1.82) is 0 Å². The molecule has 0 atom stereocenters. The van der Waals surface area contributed by atoms with Crippen LogP contribution in [0.4, 0.5) is 4.39 Å². The van der Waals surface area contributed by atoms with Crippen molar-refractivity contribution in [2.75, 3.05) is 13.2 Å². The molecule has 1 aromatic carbocycles. The Labute approximate surface area is 115 Å². The quantitative estimate of drug-likeness (QED) is 0.620. The third-order valence-electron chi connectivity index (χ3n) is 2.39. The van der Waals surface area contributed by atoms with Gasteiger partial charge in [-0.05, 0) is 47.4 Å². The number of carbonyl (C=O) groups excluding carboxylic acids is 1. The third kappa shape index (κ3) is 5.14. The van der Waals surface area contributed by atoms with Crippen LogP contribution in [0.2, 0.25) is 0 Å². The van der Waals surface area contributed by atoms with Gasteiger partial charge in [-0.2, -0.15) is 0 Å². The number of hydrogen-bond acceptors (Lipinski definition) is 3. The normalized spacial score (nSPS) is 10.4. The van der Waals surface area contributed by atoms with Gasteiger partial charge in [0.25, 0.3) is 0 Å². The van der Waals surface area contributed by atoms with E-state index >= 15 is 0 Å². The molecule has 0 amide bonds. The summed E-state index contributed by atoms with van der Waals surface area (Å²) in [6.07, 6.45) is 1.12. The summed E-state index contributed by atoms with van der Waals surface area (Å²) in [4.78, 5) is 11.1. The second-order valence-corrected chi connectivity index (χ2v) is 4.59. The van der Waals surface area contributed by atoms with Crippen molar-refractivity contribution in [1.82, 2.24) is 5.32 Å². The molecule has 1 aromatic rings. The first-order valence-electron chi connectivity index (χ1n) is 5.94. The molecule has 3 nitrogen and oxygen atoms in total. The molecule has 5 heteroatoms. The molecule has 1 N–H and O–H groups in total. The Hall–Kier alpha value is -0.940. The predicted molar refractivity (Wildman–Crippen MR) is 71.7 cm³/mol. The first kappa shape index (κ1) is 15.1. The number of esters is 1. The zero-order chi connectivity index (χ0) is 13.4. The summed E-state index contributed by atoms with van der Waals surface area (Å²) in [7, 11) is 0. The van der Waals surface area contributed by atoms with E-state index in [1.807, 2.05) is 6.07 Å². The minimum atomic E-state index is -0.263. The molecule has 0 spiro atoms. The summed E-state index contributed by atoms with van der Waals surface area (Å²) in [6.45, 7) is 3.48. The molecule has 100 valence electrons. The fourth-order valence-corrected chi connectivity index (χ4v) is 1.90. The standard InChI is InChI=1S/C13H17BrFNO2/c1-2-18-12(17)7-4-8-16-9-10-5-3-6-11(15)13(10)14/h3,5-6,16H,2,4,7-9H2,1H3. The zero-order valence-electron chi connectivity index (χ0n) is 10.3. The molecule has 0 aromatic heterocycles. The van der Waals surface area contributed by atoms with Crippen LogP contribution in [0.25, 0.3) is 0 Å². The maximum Gasteiger partial charge on any atom is 0.305 e. The Morgan fingerprint density at radius 1 is 1.50 bits per heavy atom. The molecule has 0 radical (unpaired) electrons. The molecular formula is C13H17BrFNO2. The third-order valence-corrected chi connectivity index (χ3v) is 3.27. The van der Waals surface area contributed by atoms with E-state index < -0.39 is 0 Å². The maximum atomic E-state index is 13.2. The van der Waals surface area contributed by atoms with Gasteiger partial charge in [0.1, 0.15) is 5.82 Å². The van der Waals surface area contributed by atoms with Crippen LogP contribution in [0, 0.1) is 5.82 Å². The van der Waals surface area contributed by atoms with Crippen LogP contribution < -0.4 is 5.32 Å². The lowest BCUT2D eigenvalue weighted by atomic mass is 10.2. The van der Waals surface area contributed by atoms with Crippen LogP contribution in [0.3, 0.4) is 0 Å². The monoisotopic (exact) mass is 317 g/mol. The summed E-state index contributed by atoms with van der Waals surface area (Å²) in [5, 5.41) is 3.16. The van der Waals surface area contributed by atoms with Crippen LogP contribution >= 0.6 is 15.9 Å². The van der Waals surface area contributed by atoms with E-state index in [0.29, 0.717) is 37.0 Å². The molecule has 0 fully saturated rings. The van der Waals surface area contributed by atoms with Crippen molar-refractivity contribution in [3.8, 4) is 0 Å². The lowest BCUT2D eigenvalue weighted by molar-refractivity contribution is -0.143. The number of nitrogens with one attached hydrogen (secondary N) is 1. The Morgan fingerprint density at radius 2 is 2.28 bits per heavy atom. The van der Waals surface area contributed by atoms with Crippen LogP contribution in [0.1, 0.15) is 25.3 Å². The van der Waals surface area contributed by atoms with E-state index in [2.05, 4.69) is 21.2 Å². The number of carbonyl (C=O) groups is 1. The van der Waals surface area contributed by atoms with Gasteiger partial charge in [0, 0.05) is 13.0 Å². The van der Waals surface area contributed by atoms with Crippen LogP contribution in [-0.2, 0) is 16.1 Å². The number of benzene rings is 1. The van der Waals surface area contributed by atoms with Crippen LogP contribution in [-0.4, -0.2) is 19.1 Å². The Balaban J connectivity index is 2.22. The molecule has 0 bridgehead atoms. The summed E-state index contributed by atoms with van der Waals surface area (Å²) in [6, 6.07) is 4.94. The van der Waals surface area contributed by atoms with Gasteiger partial charge in [-0.3, -0.25) is 4.79 Å². The number of rotatable bonds is 7. The minimum absolute atomic E-state index is 0.175. The Kier molecular flexibility index (Phi) is 6.90. The molecule has 0 aliphatic heterocycles. The average molecular weight is 318 g/mol. The first-order valence-corrected chi connectivity index (χ1v) is 6.73. The topological polar surface area (TPSA) is 38.3 Å². The van der Waals surface area contributed by atoms with Crippen molar-refractivity contribution in [2.45, 2.75) is 26.3 Å². The lowest BCUT2D eigenvalue weighted by Gasteiger charge is -2.07. The van der Waals surface area contributed by atoms with E-state index in [1.165, 1.54) is 6.07 Å². The van der Waals surface area contributed by atoms with Crippen LogP contribution in [0.15, 0.2) is 22.7 Å². The van der Waals surface area contributed by atoms with Gasteiger partial charge in [0.15, 0.2) is 0 Å². The second-order valence-electron chi connectivity index (χ2n) is 3.80.